The summed E-state index contributed by atoms with van der Waals surface area (Å²) in [5.74, 6) is -0.476. The van der Waals surface area contributed by atoms with Crippen LogP contribution in [0.1, 0.15) is 119 Å². The second kappa shape index (κ2) is 15.9. The summed E-state index contributed by atoms with van der Waals surface area (Å²) in [6.45, 7) is 15.3. The van der Waals surface area contributed by atoms with Crippen molar-refractivity contribution in [1.29, 1.82) is 0 Å². The SMILES string of the molecule is C#CCCC(NC(=O)[C@@H]1[C@@H]2[C@H](CN1C(=O)[C@@H](NC(=O)NC1(CS(=O)(=O)C(C)(C)CC)CCCCC1)C1(C)CCCC1)C2(C)C)C(=O)C(=O)NCC=C. The molecule has 5 amide bonds. The van der Waals surface area contributed by atoms with Gasteiger partial charge in [-0.3, -0.25) is 19.2 Å². The number of nitrogens with zero attached hydrogens (tertiary/aromatic N) is 1. The lowest BCUT2D eigenvalue weighted by molar-refractivity contribution is -0.145. The Hall–Kier alpha value is -3.40. The lowest BCUT2D eigenvalue weighted by atomic mass is 9.79. The average molecular weight is 744 g/mol. The molecule has 0 aromatic carbocycles. The number of ketones is 1. The molecule has 290 valence electrons. The molecule has 1 aliphatic heterocycles. The number of amides is 5. The van der Waals surface area contributed by atoms with Gasteiger partial charge >= 0.3 is 6.03 Å². The van der Waals surface area contributed by atoms with Gasteiger partial charge in [-0.2, -0.15) is 0 Å². The van der Waals surface area contributed by atoms with E-state index in [-0.39, 0.29) is 48.3 Å². The van der Waals surface area contributed by atoms with Gasteiger partial charge in [0.2, 0.25) is 17.6 Å². The van der Waals surface area contributed by atoms with Crippen LogP contribution in [0.15, 0.2) is 12.7 Å². The minimum Gasteiger partial charge on any atom is -0.346 e. The maximum absolute atomic E-state index is 14.8. The molecule has 0 radical (unpaired) electrons. The molecule has 13 heteroatoms. The molecule has 1 heterocycles. The Kier molecular flexibility index (Phi) is 12.7. The van der Waals surface area contributed by atoms with Crippen molar-refractivity contribution < 1.29 is 32.4 Å². The summed E-state index contributed by atoms with van der Waals surface area (Å²) in [6.07, 6.45) is 14.3. The monoisotopic (exact) mass is 743 g/mol. The summed E-state index contributed by atoms with van der Waals surface area (Å²) in [4.78, 5) is 70.3. The van der Waals surface area contributed by atoms with Crippen LogP contribution in [0, 0.1) is 35.0 Å². The van der Waals surface area contributed by atoms with Crippen molar-refractivity contribution in [3.63, 3.8) is 0 Å². The Morgan fingerprint density at radius 3 is 2.19 bits per heavy atom. The van der Waals surface area contributed by atoms with Crippen LogP contribution in [-0.4, -0.2) is 90.1 Å². The maximum Gasteiger partial charge on any atom is 0.315 e. The Balaban J connectivity index is 1.60. The summed E-state index contributed by atoms with van der Waals surface area (Å²) in [6, 6.07) is -3.67. The van der Waals surface area contributed by atoms with E-state index in [9.17, 15) is 32.4 Å². The summed E-state index contributed by atoms with van der Waals surface area (Å²) < 4.78 is 26.3. The predicted molar refractivity (Wildman–Crippen MR) is 200 cm³/mol. The molecule has 0 aromatic heterocycles. The molecule has 4 aliphatic rings. The lowest BCUT2D eigenvalue weighted by Gasteiger charge is -2.42. The van der Waals surface area contributed by atoms with Crippen molar-refractivity contribution in [2.75, 3.05) is 18.8 Å². The predicted octanol–water partition coefficient (Wildman–Crippen LogP) is 3.79. The fourth-order valence-electron chi connectivity index (χ4n) is 8.87. The van der Waals surface area contributed by atoms with Crippen LogP contribution in [0.4, 0.5) is 4.79 Å². The first-order valence-corrected chi connectivity index (χ1v) is 20.7. The second-order valence-electron chi connectivity index (χ2n) is 17.2. The highest BCUT2D eigenvalue weighted by atomic mass is 32.2. The number of carbonyl (C=O) groups excluding carboxylic acids is 5. The Morgan fingerprint density at radius 1 is 1.00 bits per heavy atom. The van der Waals surface area contributed by atoms with Crippen LogP contribution in [0.2, 0.25) is 0 Å². The van der Waals surface area contributed by atoms with Gasteiger partial charge in [-0.05, 0) is 75.0 Å². The number of terminal acetylenes is 1. The number of hydrogen-bond acceptors (Lipinski definition) is 7. The van der Waals surface area contributed by atoms with Crippen LogP contribution in [0.25, 0.3) is 0 Å². The highest BCUT2D eigenvalue weighted by molar-refractivity contribution is 7.92. The smallest absolute Gasteiger partial charge is 0.315 e. The van der Waals surface area contributed by atoms with E-state index in [2.05, 4.69) is 33.8 Å². The van der Waals surface area contributed by atoms with E-state index >= 15 is 0 Å². The number of piperidine rings is 1. The largest absolute Gasteiger partial charge is 0.346 e. The molecule has 4 rings (SSSR count). The average Bonchev–Trinajstić information content (AvgIpc) is 3.45. The summed E-state index contributed by atoms with van der Waals surface area (Å²) >= 11 is 0. The quantitative estimate of drug-likeness (QED) is 0.106. The Labute approximate surface area is 310 Å². The van der Waals surface area contributed by atoms with Crippen molar-refractivity contribution in [1.82, 2.24) is 26.2 Å². The second-order valence-corrected chi connectivity index (χ2v) is 19.8. The van der Waals surface area contributed by atoms with Gasteiger partial charge in [-0.25, -0.2) is 13.2 Å². The number of fused-ring (bicyclic) bond motifs is 1. The zero-order valence-electron chi connectivity index (χ0n) is 32.1. The van der Waals surface area contributed by atoms with Gasteiger partial charge in [0.15, 0.2) is 9.84 Å². The van der Waals surface area contributed by atoms with Crippen molar-refractivity contribution >= 4 is 39.4 Å². The zero-order chi connectivity index (χ0) is 38.7. The molecular formula is C39H61N5O7S. The Bertz CT molecular complexity index is 1550. The first-order chi connectivity index (χ1) is 24.3. The minimum absolute atomic E-state index is 0.0337. The van der Waals surface area contributed by atoms with Gasteiger partial charge in [0.25, 0.3) is 5.91 Å². The van der Waals surface area contributed by atoms with Gasteiger partial charge in [-0.1, -0.05) is 65.9 Å². The normalized spacial score (nSPS) is 25.4. The van der Waals surface area contributed by atoms with Crippen LogP contribution in [0.5, 0.6) is 0 Å². The van der Waals surface area contributed by atoms with Gasteiger partial charge < -0.3 is 26.2 Å². The van der Waals surface area contributed by atoms with Crippen LogP contribution in [0.3, 0.4) is 0 Å². The maximum atomic E-state index is 14.8. The number of likely N-dealkylation sites (tertiary alicyclic amines) is 1. The fraction of sp³-hybridized carbons (Fsp3) is 0.769. The molecule has 5 atom stereocenters. The van der Waals surface area contributed by atoms with E-state index in [1.54, 1.807) is 18.7 Å². The third-order valence-electron chi connectivity index (χ3n) is 12.9. The number of hydrogen-bond donors (Lipinski definition) is 4. The number of urea groups is 1. The summed E-state index contributed by atoms with van der Waals surface area (Å²) in [7, 11) is -3.59. The minimum atomic E-state index is -3.59. The molecule has 3 aliphatic carbocycles. The van der Waals surface area contributed by atoms with Crippen LogP contribution in [-0.2, 0) is 29.0 Å². The molecule has 0 aromatic rings. The van der Waals surface area contributed by atoms with E-state index in [0.29, 0.717) is 38.6 Å². The number of Topliss-reactive ketones (excluding diaryl/α,β-unsaturated/α-hetero) is 1. The molecular weight excluding hydrogens is 683 g/mol. The molecule has 12 nitrogen and oxygen atoms in total. The van der Waals surface area contributed by atoms with Crippen molar-refractivity contribution in [2.45, 2.75) is 147 Å². The number of nitrogens with one attached hydrogen (secondary N) is 4. The number of carbonyl (C=O) groups is 5. The molecule has 0 spiro atoms. The molecule has 52 heavy (non-hydrogen) atoms. The highest BCUT2D eigenvalue weighted by Gasteiger charge is 2.70. The third kappa shape index (κ3) is 8.53. The van der Waals surface area contributed by atoms with Gasteiger partial charge in [0, 0.05) is 19.5 Å². The van der Waals surface area contributed by atoms with Gasteiger partial charge in [-0.15, -0.1) is 18.9 Å². The van der Waals surface area contributed by atoms with Crippen molar-refractivity contribution in [3.8, 4) is 12.3 Å². The molecule has 0 bridgehead atoms. The lowest BCUT2D eigenvalue weighted by Crippen LogP contribution is -2.64. The molecule has 1 unspecified atom stereocenters. The Morgan fingerprint density at radius 2 is 1.62 bits per heavy atom. The summed E-state index contributed by atoms with van der Waals surface area (Å²) in [5.41, 5.74) is -1.79. The van der Waals surface area contributed by atoms with Crippen molar-refractivity contribution in [2.24, 2.45) is 22.7 Å². The van der Waals surface area contributed by atoms with Crippen molar-refractivity contribution in [3.05, 3.63) is 12.7 Å². The van der Waals surface area contributed by atoms with Crippen LogP contribution >= 0.6 is 0 Å². The fourth-order valence-corrected chi connectivity index (χ4v) is 10.8. The molecule has 1 saturated heterocycles. The standard InChI is InChI=1S/C39H61N5O7S/c1-9-12-18-27(30(45)33(47)40-23-10-2)41-32(46)29-28-26(37(28,6)7)24-44(29)34(48)31(38(8)19-16-17-20-38)42-35(49)43-39(21-14-13-15-22-39)25-52(50,51)36(4,5)11-3/h1,10,26-29,31H,2,11-25H2,3-8H3,(H,40,47)(H,41,46)(H2,42,43,49)/t26-,27?,28-,29-,31+/m0/s1. The third-order valence-corrected chi connectivity index (χ3v) is 15.8. The van der Waals surface area contributed by atoms with Gasteiger partial charge in [0.05, 0.1) is 22.1 Å². The highest BCUT2D eigenvalue weighted by Crippen LogP contribution is 2.65. The van der Waals surface area contributed by atoms with E-state index < -0.39 is 67.3 Å². The first kappa shape index (κ1) is 41.4. The van der Waals surface area contributed by atoms with E-state index in [0.717, 1.165) is 32.1 Å². The molecule has 4 fully saturated rings. The van der Waals surface area contributed by atoms with E-state index in [4.69, 9.17) is 6.42 Å². The first-order valence-electron chi connectivity index (χ1n) is 19.1. The van der Waals surface area contributed by atoms with E-state index in [1.807, 2.05) is 27.7 Å². The van der Waals surface area contributed by atoms with Crippen LogP contribution < -0.4 is 21.3 Å². The molecule has 4 N–H and O–H groups in total. The zero-order valence-corrected chi connectivity index (χ0v) is 32.9. The summed E-state index contributed by atoms with van der Waals surface area (Å²) in [5, 5.41) is 11.3. The van der Waals surface area contributed by atoms with E-state index in [1.165, 1.54) is 6.08 Å². The molecule has 3 saturated carbocycles. The number of sulfone groups is 1. The number of rotatable bonds is 16. The topological polar surface area (TPSA) is 171 Å². The van der Waals surface area contributed by atoms with Gasteiger partial charge in [0.1, 0.15) is 12.1 Å².